The first-order chi connectivity index (χ1) is 15.6. The van der Waals surface area contributed by atoms with Crippen molar-refractivity contribution in [2.45, 2.75) is 20.0 Å². The molecule has 32 heavy (non-hydrogen) atoms. The maximum Gasteiger partial charge on any atom is 0.264 e. The van der Waals surface area contributed by atoms with E-state index < -0.39 is 0 Å². The van der Waals surface area contributed by atoms with Gasteiger partial charge in [0.05, 0.1) is 0 Å². The Morgan fingerprint density at radius 3 is 2.38 bits per heavy atom. The highest BCUT2D eigenvalue weighted by Crippen LogP contribution is 2.22. The molecule has 1 N–H and O–H groups in total. The number of thiazole rings is 1. The number of ether oxygens (including phenoxy) is 2. The summed E-state index contributed by atoms with van der Waals surface area (Å²) in [6, 6.07) is 25.6. The summed E-state index contributed by atoms with van der Waals surface area (Å²) in [5.41, 5.74) is 3.56. The topological polar surface area (TPSA) is 60.5 Å². The summed E-state index contributed by atoms with van der Waals surface area (Å²) in [5.74, 6) is 1.10. The van der Waals surface area contributed by atoms with Crippen LogP contribution < -0.4 is 14.8 Å². The van der Waals surface area contributed by atoms with Gasteiger partial charge in [-0.1, -0.05) is 60.2 Å². The van der Waals surface area contributed by atoms with E-state index in [2.05, 4.69) is 35.4 Å². The van der Waals surface area contributed by atoms with Gasteiger partial charge in [0.25, 0.3) is 5.91 Å². The van der Waals surface area contributed by atoms with E-state index in [4.69, 9.17) is 9.47 Å². The van der Waals surface area contributed by atoms with Gasteiger partial charge in [-0.25, -0.2) is 4.98 Å². The Bertz CT molecular complexity index is 1160. The molecule has 5 nitrogen and oxygen atoms in total. The highest BCUT2D eigenvalue weighted by Gasteiger charge is 2.09. The second-order valence-corrected chi connectivity index (χ2v) is 8.50. The molecule has 0 fully saturated rings. The zero-order valence-corrected chi connectivity index (χ0v) is 18.6. The summed E-state index contributed by atoms with van der Waals surface area (Å²) in [6.45, 7) is 2.49. The lowest BCUT2D eigenvalue weighted by Crippen LogP contribution is -2.19. The normalized spacial score (nSPS) is 10.5. The molecule has 1 amide bonds. The van der Waals surface area contributed by atoms with E-state index in [1.54, 1.807) is 18.3 Å². The SMILES string of the molecule is Cc1cccc(Cc2cnc(NC(=O)COc3ccc(OCc4ccccc4)cc3)s2)c1. The summed E-state index contributed by atoms with van der Waals surface area (Å²) < 4.78 is 11.3. The molecule has 3 aromatic carbocycles. The van der Waals surface area contributed by atoms with Gasteiger partial charge in [-0.05, 0) is 42.3 Å². The fourth-order valence-corrected chi connectivity index (χ4v) is 4.01. The Labute approximate surface area is 191 Å². The lowest BCUT2D eigenvalue weighted by molar-refractivity contribution is -0.118. The third kappa shape index (κ3) is 6.43. The quantitative estimate of drug-likeness (QED) is 0.363. The number of aromatic nitrogens is 1. The van der Waals surface area contributed by atoms with Crippen molar-refractivity contribution in [1.29, 1.82) is 0 Å². The molecule has 0 aliphatic rings. The second-order valence-electron chi connectivity index (χ2n) is 7.38. The average Bonchev–Trinajstić information content (AvgIpc) is 3.24. The van der Waals surface area contributed by atoms with E-state index in [1.165, 1.54) is 22.5 Å². The number of hydrogen-bond donors (Lipinski definition) is 1. The van der Waals surface area contributed by atoms with Crippen molar-refractivity contribution in [3.63, 3.8) is 0 Å². The second kappa shape index (κ2) is 10.6. The summed E-state index contributed by atoms with van der Waals surface area (Å²) in [6.07, 6.45) is 2.60. The molecular weight excluding hydrogens is 420 g/mol. The van der Waals surface area contributed by atoms with Crippen LogP contribution in [0.2, 0.25) is 0 Å². The Morgan fingerprint density at radius 2 is 1.62 bits per heavy atom. The predicted molar refractivity (Wildman–Crippen MR) is 127 cm³/mol. The number of amides is 1. The Kier molecular flexibility index (Phi) is 7.15. The van der Waals surface area contributed by atoms with E-state index in [1.807, 2.05) is 48.5 Å². The van der Waals surface area contributed by atoms with Crippen LogP contribution in [0.25, 0.3) is 0 Å². The Hall–Kier alpha value is -3.64. The molecule has 0 saturated carbocycles. The van der Waals surface area contributed by atoms with Gasteiger partial charge in [0, 0.05) is 17.5 Å². The number of benzene rings is 3. The Balaban J connectivity index is 1.22. The van der Waals surface area contributed by atoms with Crippen LogP contribution in [0.15, 0.2) is 85.1 Å². The zero-order chi connectivity index (χ0) is 22.2. The van der Waals surface area contributed by atoms with Crippen molar-refractivity contribution in [2.75, 3.05) is 11.9 Å². The van der Waals surface area contributed by atoms with Crippen molar-refractivity contribution >= 4 is 22.4 Å². The molecule has 0 spiro atoms. The summed E-state index contributed by atoms with van der Waals surface area (Å²) in [4.78, 5) is 17.6. The highest BCUT2D eigenvalue weighted by molar-refractivity contribution is 7.15. The van der Waals surface area contributed by atoms with Crippen LogP contribution >= 0.6 is 11.3 Å². The lowest BCUT2D eigenvalue weighted by atomic mass is 10.1. The standard InChI is InChI=1S/C26H24N2O3S/c1-19-6-5-9-21(14-19)15-24-16-27-26(32-24)28-25(29)18-31-23-12-10-22(11-13-23)30-17-20-7-3-2-4-8-20/h2-14,16H,15,17-18H2,1H3,(H,27,28,29). The fourth-order valence-electron chi connectivity index (χ4n) is 3.15. The van der Waals surface area contributed by atoms with Crippen LogP contribution in [-0.4, -0.2) is 17.5 Å². The van der Waals surface area contributed by atoms with E-state index in [9.17, 15) is 4.79 Å². The molecule has 6 heteroatoms. The smallest absolute Gasteiger partial charge is 0.264 e. The first-order valence-corrected chi connectivity index (χ1v) is 11.2. The minimum atomic E-state index is -0.245. The molecule has 162 valence electrons. The van der Waals surface area contributed by atoms with Crippen molar-refractivity contribution < 1.29 is 14.3 Å². The van der Waals surface area contributed by atoms with Crippen molar-refractivity contribution in [1.82, 2.24) is 4.98 Å². The van der Waals surface area contributed by atoms with Gasteiger partial charge in [0.15, 0.2) is 11.7 Å². The van der Waals surface area contributed by atoms with Gasteiger partial charge in [0.1, 0.15) is 18.1 Å². The van der Waals surface area contributed by atoms with Crippen LogP contribution in [0.5, 0.6) is 11.5 Å². The number of anilines is 1. The van der Waals surface area contributed by atoms with Crippen LogP contribution in [0.3, 0.4) is 0 Å². The van der Waals surface area contributed by atoms with Gasteiger partial charge in [-0.15, -0.1) is 11.3 Å². The molecule has 1 heterocycles. The number of hydrogen-bond acceptors (Lipinski definition) is 5. The molecule has 0 atom stereocenters. The van der Waals surface area contributed by atoms with Crippen LogP contribution in [0, 0.1) is 6.92 Å². The summed E-state index contributed by atoms with van der Waals surface area (Å²) >= 11 is 1.47. The molecule has 0 aliphatic heterocycles. The van der Waals surface area contributed by atoms with Crippen molar-refractivity contribution in [3.8, 4) is 11.5 Å². The van der Waals surface area contributed by atoms with Gasteiger partial charge < -0.3 is 9.47 Å². The third-order valence-electron chi connectivity index (χ3n) is 4.70. The molecule has 4 aromatic rings. The average molecular weight is 445 g/mol. The van der Waals surface area contributed by atoms with Crippen LogP contribution in [-0.2, 0) is 17.8 Å². The van der Waals surface area contributed by atoms with Crippen LogP contribution in [0.4, 0.5) is 5.13 Å². The van der Waals surface area contributed by atoms with Crippen molar-refractivity contribution in [2.24, 2.45) is 0 Å². The minimum Gasteiger partial charge on any atom is -0.489 e. The monoisotopic (exact) mass is 444 g/mol. The number of carbonyl (C=O) groups is 1. The lowest BCUT2D eigenvalue weighted by Gasteiger charge is -2.08. The predicted octanol–water partition coefficient (Wildman–Crippen LogP) is 5.64. The third-order valence-corrected chi connectivity index (χ3v) is 5.62. The zero-order valence-electron chi connectivity index (χ0n) is 17.8. The van der Waals surface area contributed by atoms with E-state index in [-0.39, 0.29) is 12.5 Å². The number of nitrogens with one attached hydrogen (secondary N) is 1. The van der Waals surface area contributed by atoms with Gasteiger partial charge in [-0.2, -0.15) is 0 Å². The molecule has 0 saturated heterocycles. The highest BCUT2D eigenvalue weighted by atomic mass is 32.1. The molecule has 0 bridgehead atoms. The first-order valence-electron chi connectivity index (χ1n) is 10.3. The largest absolute Gasteiger partial charge is 0.489 e. The van der Waals surface area contributed by atoms with E-state index in [0.29, 0.717) is 17.5 Å². The summed E-state index contributed by atoms with van der Waals surface area (Å²) in [7, 11) is 0. The Morgan fingerprint density at radius 1 is 0.906 bits per heavy atom. The molecule has 0 radical (unpaired) electrons. The van der Waals surface area contributed by atoms with E-state index in [0.717, 1.165) is 22.6 Å². The maximum atomic E-state index is 12.2. The molecule has 4 rings (SSSR count). The van der Waals surface area contributed by atoms with Gasteiger partial charge in [0.2, 0.25) is 0 Å². The molecule has 0 aliphatic carbocycles. The number of aryl methyl sites for hydroxylation is 1. The maximum absolute atomic E-state index is 12.2. The molecular formula is C26H24N2O3S. The van der Waals surface area contributed by atoms with Gasteiger partial charge in [-0.3, -0.25) is 10.1 Å². The first kappa shape index (κ1) is 21.6. The number of nitrogens with zero attached hydrogens (tertiary/aromatic N) is 1. The molecule has 1 aromatic heterocycles. The number of carbonyl (C=O) groups excluding carboxylic acids is 1. The minimum absolute atomic E-state index is 0.0863. The van der Waals surface area contributed by atoms with Crippen LogP contribution in [0.1, 0.15) is 21.6 Å². The fraction of sp³-hybridized carbons (Fsp3) is 0.154. The van der Waals surface area contributed by atoms with Gasteiger partial charge >= 0.3 is 0 Å². The number of rotatable bonds is 9. The summed E-state index contributed by atoms with van der Waals surface area (Å²) in [5, 5.41) is 3.37. The molecule has 0 unspecified atom stereocenters. The van der Waals surface area contributed by atoms with Crippen molar-refractivity contribution in [3.05, 3.63) is 107 Å². The van der Waals surface area contributed by atoms with E-state index >= 15 is 0 Å².